The predicted molar refractivity (Wildman–Crippen MR) is 65.7 cm³/mol. The Labute approximate surface area is 102 Å². The van der Waals surface area contributed by atoms with Gasteiger partial charge in [-0.05, 0) is 25.0 Å². The Bertz CT molecular complexity index is 440. The molecule has 1 aliphatic heterocycles. The van der Waals surface area contributed by atoms with Crippen LogP contribution in [0, 0.1) is 0 Å². The zero-order chi connectivity index (χ0) is 12.3. The van der Waals surface area contributed by atoms with Gasteiger partial charge < -0.3 is 10.4 Å². The van der Waals surface area contributed by atoms with E-state index in [-0.39, 0.29) is 11.6 Å². The van der Waals surface area contributed by atoms with Crippen molar-refractivity contribution in [3.05, 3.63) is 23.9 Å². The smallest absolute Gasteiger partial charge is 0.339 e. The number of carboxylic acids is 1. The second-order valence-corrected chi connectivity index (χ2v) is 5.67. The van der Waals surface area contributed by atoms with Crippen LogP contribution in [-0.4, -0.2) is 37.8 Å². The summed E-state index contributed by atoms with van der Waals surface area (Å²) in [5.74, 6) is 0.762. The summed E-state index contributed by atoms with van der Waals surface area (Å²) < 4.78 is 11.2. The molecule has 0 unspecified atom stereocenters. The Kier molecular flexibility index (Phi) is 3.73. The monoisotopic (exact) mass is 254 g/mol. The number of hydrogen-bond acceptors (Lipinski definition) is 4. The van der Waals surface area contributed by atoms with Gasteiger partial charge in [-0.3, -0.25) is 4.21 Å². The van der Waals surface area contributed by atoms with Crippen molar-refractivity contribution >= 4 is 22.6 Å². The van der Waals surface area contributed by atoms with Crippen LogP contribution in [-0.2, 0) is 10.8 Å². The number of carbonyl (C=O) groups is 1. The van der Waals surface area contributed by atoms with Gasteiger partial charge in [0.15, 0.2) is 0 Å². The van der Waals surface area contributed by atoms with Crippen LogP contribution in [0.1, 0.15) is 23.2 Å². The average Bonchev–Trinajstić information content (AvgIpc) is 2.32. The van der Waals surface area contributed by atoms with E-state index in [0.717, 1.165) is 12.8 Å². The lowest BCUT2D eigenvalue weighted by Gasteiger charge is -2.23. The zero-order valence-corrected chi connectivity index (χ0v) is 10.1. The van der Waals surface area contributed by atoms with Crippen molar-refractivity contribution in [2.45, 2.75) is 18.9 Å². The molecule has 0 bridgehead atoms. The van der Waals surface area contributed by atoms with Gasteiger partial charge in [0, 0.05) is 34.5 Å². The number of nitrogens with one attached hydrogen (secondary N) is 1. The van der Waals surface area contributed by atoms with Crippen LogP contribution in [0.2, 0.25) is 0 Å². The minimum absolute atomic E-state index is 0.167. The Morgan fingerprint density at radius 2 is 2.18 bits per heavy atom. The first kappa shape index (κ1) is 12.0. The number of aromatic carboxylic acids is 1. The van der Waals surface area contributed by atoms with Gasteiger partial charge in [-0.2, -0.15) is 0 Å². The highest BCUT2D eigenvalue weighted by atomic mass is 32.2. The molecular weight excluding hydrogens is 240 g/mol. The quantitative estimate of drug-likeness (QED) is 0.844. The Morgan fingerprint density at radius 1 is 1.47 bits per heavy atom. The van der Waals surface area contributed by atoms with Gasteiger partial charge in [-0.25, -0.2) is 9.78 Å². The van der Waals surface area contributed by atoms with Crippen LogP contribution in [0.4, 0.5) is 5.82 Å². The maximum absolute atomic E-state index is 11.2. The number of aromatic nitrogens is 1. The largest absolute Gasteiger partial charge is 0.478 e. The Balaban J connectivity index is 2.08. The van der Waals surface area contributed by atoms with Crippen molar-refractivity contribution in [2.24, 2.45) is 0 Å². The summed E-state index contributed by atoms with van der Waals surface area (Å²) in [6, 6.07) is 3.30. The minimum atomic E-state index is -0.986. The van der Waals surface area contributed by atoms with Gasteiger partial charge in [0.05, 0.1) is 0 Å². The molecule has 6 heteroatoms. The Morgan fingerprint density at radius 3 is 2.82 bits per heavy atom. The summed E-state index contributed by atoms with van der Waals surface area (Å²) in [4.78, 5) is 15.0. The van der Waals surface area contributed by atoms with E-state index in [2.05, 4.69) is 10.3 Å². The molecule has 1 aliphatic rings. The molecule has 17 heavy (non-hydrogen) atoms. The van der Waals surface area contributed by atoms with E-state index >= 15 is 0 Å². The number of hydrogen-bond donors (Lipinski definition) is 2. The number of nitrogens with zero attached hydrogens (tertiary/aromatic N) is 1. The van der Waals surface area contributed by atoms with Crippen LogP contribution in [0.15, 0.2) is 18.3 Å². The summed E-state index contributed by atoms with van der Waals surface area (Å²) in [5, 5.41) is 12.1. The fraction of sp³-hybridized carbons (Fsp3) is 0.455. The third kappa shape index (κ3) is 3.03. The second kappa shape index (κ2) is 5.27. The van der Waals surface area contributed by atoms with Gasteiger partial charge in [0.2, 0.25) is 0 Å². The van der Waals surface area contributed by atoms with E-state index in [4.69, 9.17) is 5.11 Å². The maximum atomic E-state index is 11.2. The molecule has 2 rings (SSSR count). The fourth-order valence-corrected chi connectivity index (χ4v) is 3.12. The lowest BCUT2D eigenvalue weighted by molar-refractivity contribution is 0.0697. The molecule has 0 spiro atoms. The summed E-state index contributed by atoms with van der Waals surface area (Å²) in [5.41, 5.74) is 0.180. The topological polar surface area (TPSA) is 79.3 Å². The molecule has 2 N–H and O–H groups in total. The van der Waals surface area contributed by atoms with Crippen molar-refractivity contribution in [3.8, 4) is 0 Å². The van der Waals surface area contributed by atoms with E-state index in [0.29, 0.717) is 17.3 Å². The molecular formula is C11H14N2O3S. The number of anilines is 1. The van der Waals surface area contributed by atoms with E-state index in [1.54, 1.807) is 12.3 Å². The van der Waals surface area contributed by atoms with Gasteiger partial charge in [0.25, 0.3) is 0 Å². The number of rotatable bonds is 3. The summed E-state index contributed by atoms with van der Waals surface area (Å²) >= 11 is 0. The number of pyridine rings is 1. The minimum Gasteiger partial charge on any atom is -0.478 e. The molecule has 0 atom stereocenters. The molecule has 1 fully saturated rings. The zero-order valence-electron chi connectivity index (χ0n) is 9.26. The van der Waals surface area contributed by atoms with E-state index in [9.17, 15) is 9.00 Å². The predicted octanol–water partition coefficient (Wildman–Crippen LogP) is 1.10. The van der Waals surface area contributed by atoms with Crippen molar-refractivity contribution in [2.75, 3.05) is 16.8 Å². The maximum Gasteiger partial charge on any atom is 0.339 e. The van der Waals surface area contributed by atoms with Gasteiger partial charge in [0.1, 0.15) is 11.4 Å². The molecule has 1 saturated heterocycles. The second-order valence-electron chi connectivity index (χ2n) is 3.97. The molecule has 5 nitrogen and oxygen atoms in total. The van der Waals surface area contributed by atoms with Crippen molar-refractivity contribution in [1.29, 1.82) is 0 Å². The molecule has 1 aromatic rings. The van der Waals surface area contributed by atoms with E-state index in [1.807, 2.05) is 0 Å². The molecule has 0 aromatic carbocycles. The Hall–Kier alpha value is -1.43. The normalized spacial score (nSPS) is 24.2. The highest BCUT2D eigenvalue weighted by molar-refractivity contribution is 7.85. The van der Waals surface area contributed by atoms with Crippen molar-refractivity contribution in [3.63, 3.8) is 0 Å². The van der Waals surface area contributed by atoms with Crippen LogP contribution in [0.25, 0.3) is 0 Å². The van der Waals surface area contributed by atoms with Crippen LogP contribution in [0.3, 0.4) is 0 Å². The lowest BCUT2D eigenvalue weighted by Crippen LogP contribution is -2.30. The molecule has 1 aromatic heterocycles. The molecule has 2 heterocycles. The molecule has 0 saturated carbocycles. The van der Waals surface area contributed by atoms with Gasteiger partial charge in [-0.1, -0.05) is 0 Å². The summed E-state index contributed by atoms with van der Waals surface area (Å²) in [6.45, 7) is 0. The van der Waals surface area contributed by atoms with Crippen LogP contribution in [0.5, 0.6) is 0 Å². The molecule has 0 aliphatic carbocycles. The molecule has 0 radical (unpaired) electrons. The first-order valence-electron chi connectivity index (χ1n) is 5.46. The summed E-state index contributed by atoms with van der Waals surface area (Å²) in [7, 11) is -0.710. The first-order chi connectivity index (χ1) is 8.16. The van der Waals surface area contributed by atoms with Gasteiger partial charge >= 0.3 is 5.97 Å². The van der Waals surface area contributed by atoms with Gasteiger partial charge in [-0.15, -0.1) is 0 Å². The fourth-order valence-electron chi connectivity index (χ4n) is 1.82. The molecule has 0 amide bonds. The van der Waals surface area contributed by atoms with E-state index < -0.39 is 16.8 Å². The standard InChI is InChI=1S/C11H14N2O3S/c14-11(15)9-2-1-5-12-10(9)13-8-3-6-17(16)7-4-8/h1-2,5,8H,3-4,6-7H2,(H,12,13)(H,14,15). The van der Waals surface area contributed by atoms with Crippen molar-refractivity contribution in [1.82, 2.24) is 4.98 Å². The SMILES string of the molecule is O=C(O)c1cccnc1NC1CCS(=O)CC1. The van der Waals surface area contributed by atoms with E-state index in [1.165, 1.54) is 6.07 Å². The van der Waals surface area contributed by atoms with Crippen LogP contribution >= 0.6 is 0 Å². The lowest BCUT2D eigenvalue weighted by atomic mass is 10.1. The van der Waals surface area contributed by atoms with Crippen molar-refractivity contribution < 1.29 is 14.1 Å². The third-order valence-corrected chi connectivity index (χ3v) is 4.15. The first-order valence-corrected chi connectivity index (χ1v) is 6.95. The van der Waals surface area contributed by atoms with Crippen LogP contribution < -0.4 is 5.32 Å². The molecule has 92 valence electrons. The number of carboxylic acid groups (broad SMARTS) is 1. The third-order valence-electron chi connectivity index (χ3n) is 2.77. The highest BCUT2D eigenvalue weighted by Gasteiger charge is 2.20. The summed E-state index contributed by atoms with van der Waals surface area (Å²) in [6.07, 6.45) is 3.15. The average molecular weight is 254 g/mol. The highest BCUT2D eigenvalue weighted by Crippen LogP contribution is 2.17.